The zero-order valence-electron chi connectivity index (χ0n) is 15.8. The van der Waals surface area contributed by atoms with Crippen LogP contribution in [0.15, 0.2) is 36.5 Å². The van der Waals surface area contributed by atoms with Gasteiger partial charge in [0.25, 0.3) is 0 Å². The normalized spacial score (nSPS) is 16.9. The lowest BCUT2D eigenvalue weighted by molar-refractivity contribution is 0.0635. The molecule has 1 aliphatic heterocycles. The van der Waals surface area contributed by atoms with Gasteiger partial charge in [-0.3, -0.25) is 10.2 Å². The van der Waals surface area contributed by atoms with Crippen LogP contribution in [0.5, 0.6) is 0 Å². The van der Waals surface area contributed by atoms with Gasteiger partial charge in [-0.2, -0.15) is 0 Å². The third kappa shape index (κ3) is 6.68. The molecule has 1 unspecified atom stereocenters. The standard InChI is InChI=1S/C18H25N5O2.2ClH/c1-18(2,3)25-17(24)19-15-13-23(21-20-15)16-10-7-11-22(16)12-14-8-5-4-6-9-14;;/h4-6,8-9,13,16H,7,10-12H2,1-3H3,(H,19,24);2*1H. The Bertz CT molecular complexity index is 718. The lowest BCUT2D eigenvalue weighted by atomic mass is 10.2. The molecule has 1 aliphatic rings. The highest BCUT2D eigenvalue weighted by Gasteiger charge is 2.27. The van der Waals surface area contributed by atoms with Crippen LogP contribution in [0, 0.1) is 0 Å². The Kier molecular flexibility index (Phi) is 8.53. The maximum Gasteiger partial charge on any atom is 0.413 e. The van der Waals surface area contributed by atoms with Gasteiger partial charge in [0.1, 0.15) is 11.8 Å². The number of aromatic nitrogens is 3. The van der Waals surface area contributed by atoms with Crippen molar-refractivity contribution in [3.63, 3.8) is 0 Å². The monoisotopic (exact) mass is 415 g/mol. The topological polar surface area (TPSA) is 72.3 Å². The van der Waals surface area contributed by atoms with Crippen LogP contribution in [0.1, 0.15) is 45.3 Å². The first-order valence-electron chi connectivity index (χ1n) is 8.60. The lowest BCUT2D eigenvalue weighted by Gasteiger charge is -2.24. The first kappa shape index (κ1) is 23.2. The third-order valence-corrected chi connectivity index (χ3v) is 4.00. The number of carbonyl (C=O) groups excluding carboxylic acids is 1. The van der Waals surface area contributed by atoms with Crippen molar-refractivity contribution < 1.29 is 9.53 Å². The molecule has 0 spiro atoms. The summed E-state index contributed by atoms with van der Waals surface area (Å²) in [5.41, 5.74) is 0.736. The zero-order chi connectivity index (χ0) is 17.9. The smallest absolute Gasteiger partial charge is 0.413 e. The maximum atomic E-state index is 11.8. The van der Waals surface area contributed by atoms with Gasteiger partial charge in [-0.25, -0.2) is 9.48 Å². The Labute approximate surface area is 172 Å². The van der Waals surface area contributed by atoms with Crippen molar-refractivity contribution in [3.8, 4) is 0 Å². The van der Waals surface area contributed by atoms with Gasteiger partial charge in [-0.05, 0) is 39.2 Å². The molecule has 1 N–H and O–H groups in total. The van der Waals surface area contributed by atoms with Gasteiger partial charge in [-0.15, -0.1) is 29.9 Å². The number of carbonyl (C=O) groups is 1. The molecule has 1 aromatic carbocycles. The van der Waals surface area contributed by atoms with E-state index in [0.717, 1.165) is 25.9 Å². The highest BCUT2D eigenvalue weighted by molar-refractivity contribution is 5.85. The Hall–Kier alpha value is -1.83. The number of nitrogens with zero attached hydrogens (tertiary/aromatic N) is 4. The molecular formula is C18H27Cl2N5O2. The van der Waals surface area contributed by atoms with Crippen molar-refractivity contribution in [1.82, 2.24) is 19.9 Å². The second kappa shape index (κ2) is 9.92. The number of halogens is 2. The van der Waals surface area contributed by atoms with E-state index in [1.165, 1.54) is 5.56 Å². The van der Waals surface area contributed by atoms with E-state index in [-0.39, 0.29) is 31.0 Å². The van der Waals surface area contributed by atoms with E-state index in [1.54, 1.807) is 6.20 Å². The number of nitrogens with one attached hydrogen (secondary N) is 1. The van der Waals surface area contributed by atoms with E-state index >= 15 is 0 Å². The molecule has 9 heteroatoms. The number of ether oxygens (including phenoxy) is 1. The Morgan fingerprint density at radius 2 is 1.96 bits per heavy atom. The van der Waals surface area contributed by atoms with Gasteiger partial charge < -0.3 is 4.74 Å². The molecule has 1 atom stereocenters. The summed E-state index contributed by atoms with van der Waals surface area (Å²) in [5.74, 6) is 0.404. The SMILES string of the molecule is CC(C)(C)OC(=O)Nc1cn(C2CCCN2Cc2ccccc2)nn1.Cl.Cl. The van der Waals surface area contributed by atoms with Crippen LogP contribution in [0.3, 0.4) is 0 Å². The molecule has 0 aliphatic carbocycles. The minimum Gasteiger partial charge on any atom is -0.444 e. The summed E-state index contributed by atoms with van der Waals surface area (Å²) in [6.07, 6.45) is 3.53. The fraction of sp³-hybridized carbons (Fsp3) is 0.500. The van der Waals surface area contributed by atoms with E-state index < -0.39 is 11.7 Å². The second-order valence-electron chi connectivity index (χ2n) is 7.29. The van der Waals surface area contributed by atoms with E-state index in [9.17, 15) is 4.79 Å². The van der Waals surface area contributed by atoms with Crippen LogP contribution < -0.4 is 5.32 Å². The predicted octanol–water partition coefficient (Wildman–Crippen LogP) is 4.26. The van der Waals surface area contributed by atoms with Crippen LogP contribution in [0.4, 0.5) is 10.6 Å². The van der Waals surface area contributed by atoms with Crippen LogP contribution in [0.25, 0.3) is 0 Å². The number of likely N-dealkylation sites (tertiary alicyclic amines) is 1. The maximum absolute atomic E-state index is 11.8. The Balaban J connectivity index is 0.00000182. The molecule has 1 fully saturated rings. The van der Waals surface area contributed by atoms with Crippen LogP contribution in [-0.4, -0.2) is 38.1 Å². The van der Waals surface area contributed by atoms with Crippen molar-refractivity contribution in [2.45, 2.75) is 51.9 Å². The van der Waals surface area contributed by atoms with Crippen molar-refractivity contribution in [1.29, 1.82) is 0 Å². The first-order valence-corrected chi connectivity index (χ1v) is 8.60. The average molecular weight is 416 g/mol. The van der Waals surface area contributed by atoms with Gasteiger partial charge >= 0.3 is 6.09 Å². The number of hydrogen-bond acceptors (Lipinski definition) is 5. The van der Waals surface area contributed by atoms with Gasteiger partial charge in [-0.1, -0.05) is 35.5 Å². The summed E-state index contributed by atoms with van der Waals surface area (Å²) in [6.45, 7) is 7.37. The van der Waals surface area contributed by atoms with Crippen molar-refractivity contribution in [2.75, 3.05) is 11.9 Å². The van der Waals surface area contributed by atoms with Crippen LogP contribution >= 0.6 is 24.8 Å². The van der Waals surface area contributed by atoms with Gasteiger partial charge in [0.2, 0.25) is 0 Å². The third-order valence-electron chi connectivity index (χ3n) is 4.00. The summed E-state index contributed by atoms with van der Waals surface area (Å²) in [5, 5.41) is 10.9. The Morgan fingerprint density at radius 1 is 1.26 bits per heavy atom. The van der Waals surface area contributed by atoms with Crippen molar-refractivity contribution >= 4 is 36.7 Å². The number of amides is 1. The minimum atomic E-state index is -0.544. The summed E-state index contributed by atoms with van der Waals surface area (Å²) in [4.78, 5) is 14.2. The fourth-order valence-electron chi connectivity index (χ4n) is 3.00. The average Bonchev–Trinajstić information content (AvgIpc) is 3.15. The van der Waals surface area contributed by atoms with E-state index in [1.807, 2.05) is 31.5 Å². The van der Waals surface area contributed by atoms with E-state index in [4.69, 9.17) is 4.74 Å². The zero-order valence-corrected chi connectivity index (χ0v) is 17.4. The van der Waals surface area contributed by atoms with E-state index in [0.29, 0.717) is 5.82 Å². The number of hydrogen-bond donors (Lipinski definition) is 1. The molecule has 1 amide bonds. The molecular weight excluding hydrogens is 389 g/mol. The molecule has 3 rings (SSSR count). The number of rotatable bonds is 4. The molecule has 2 heterocycles. The number of benzene rings is 1. The highest BCUT2D eigenvalue weighted by atomic mass is 35.5. The van der Waals surface area contributed by atoms with E-state index in [2.05, 4.69) is 44.8 Å². The second-order valence-corrected chi connectivity index (χ2v) is 7.29. The van der Waals surface area contributed by atoms with Crippen molar-refractivity contribution in [3.05, 3.63) is 42.1 Å². The molecule has 0 saturated carbocycles. The Morgan fingerprint density at radius 3 is 2.63 bits per heavy atom. The summed E-state index contributed by atoms with van der Waals surface area (Å²) < 4.78 is 7.06. The molecule has 27 heavy (non-hydrogen) atoms. The van der Waals surface area contributed by atoms with Gasteiger partial charge in [0.15, 0.2) is 5.82 Å². The fourth-order valence-corrected chi connectivity index (χ4v) is 3.00. The van der Waals surface area contributed by atoms with Gasteiger partial charge in [0.05, 0.1) is 6.20 Å². The molecule has 150 valence electrons. The predicted molar refractivity (Wildman–Crippen MR) is 109 cm³/mol. The highest BCUT2D eigenvalue weighted by Crippen LogP contribution is 2.28. The van der Waals surface area contributed by atoms with Crippen LogP contribution in [-0.2, 0) is 11.3 Å². The molecule has 1 saturated heterocycles. The minimum absolute atomic E-state index is 0. The molecule has 0 bridgehead atoms. The molecule has 7 nitrogen and oxygen atoms in total. The quantitative estimate of drug-likeness (QED) is 0.806. The van der Waals surface area contributed by atoms with Gasteiger partial charge in [0, 0.05) is 13.1 Å². The first-order chi connectivity index (χ1) is 11.9. The summed E-state index contributed by atoms with van der Waals surface area (Å²) in [7, 11) is 0. The van der Waals surface area contributed by atoms with Crippen LogP contribution in [0.2, 0.25) is 0 Å². The largest absolute Gasteiger partial charge is 0.444 e. The lowest BCUT2D eigenvalue weighted by Crippen LogP contribution is -2.28. The van der Waals surface area contributed by atoms with Crippen molar-refractivity contribution in [2.24, 2.45) is 0 Å². The molecule has 2 aromatic rings. The number of anilines is 1. The molecule has 1 aromatic heterocycles. The summed E-state index contributed by atoms with van der Waals surface area (Å²) >= 11 is 0. The molecule has 0 radical (unpaired) electrons. The summed E-state index contributed by atoms with van der Waals surface area (Å²) in [6, 6.07) is 10.4.